The summed E-state index contributed by atoms with van der Waals surface area (Å²) in [4.78, 5) is 9.84. The van der Waals surface area contributed by atoms with Crippen molar-refractivity contribution in [3.63, 3.8) is 0 Å². The van der Waals surface area contributed by atoms with E-state index < -0.39 is 0 Å². The van der Waals surface area contributed by atoms with Crippen LogP contribution >= 0.6 is 0 Å². The van der Waals surface area contributed by atoms with Gasteiger partial charge >= 0.3 is 0 Å². The molecule has 2 aromatic heterocycles. The molecular weight excluding hydrogens is 500 g/mol. The van der Waals surface area contributed by atoms with Crippen molar-refractivity contribution in [1.82, 2.24) is 9.97 Å². The van der Waals surface area contributed by atoms with Crippen molar-refractivity contribution in [2.75, 3.05) is 0 Å². The van der Waals surface area contributed by atoms with Gasteiger partial charge in [-0.2, -0.15) is 0 Å². The first-order chi connectivity index (χ1) is 20.3. The molecule has 0 amide bonds. The average Bonchev–Trinajstić information content (AvgIpc) is 3.43. The Hall–Kier alpha value is -5.54. The Morgan fingerprint density at radius 3 is 1.83 bits per heavy atom. The fraction of sp³-hybridized carbons (Fsp3) is 0. The van der Waals surface area contributed by atoms with Gasteiger partial charge in [-0.1, -0.05) is 115 Å². The minimum absolute atomic E-state index is 0.664. The summed E-state index contributed by atoms with van der Waals surface area (Å²) in [5.41, 5.74) is 5.73. The molecular formula is C38H22N2O. The number of furan rings is 1. The van der Waals surface area contributed by atoms with E-state index in [4.69, 9.17) is 14.4 Å². The summed E-state index contributed by atoms with van der Waals surface area (Å²) >= 11 is 0. The van der Waals surface area contributed by atoms with Crippen LogP contribution in [0.2, 0.25) is 0 Å². The number of hydrogen-bond donors (Lipinski definition) is 0. The van der Waals surface area contributed by atoms with Crippen LogP contribution in [0, 0.1) is 0 Å². The smallest absolute Gasteiger partial charge is 0.163 e. The van der Waals surface area contributed by atoms with Crippen LogP contribution in [0.4, 0.5) is 0 Å². The molecule has 0 atom stereocenters. The lowest BCUT2D eigenvalue weighted by Gasteiger charge is -2.08. The first kappa shape index (κ1) is 22.3. The third-order valence-corrected chi connectivity index (χ3v) is 8.30. The van der Waals surface area contributed by atoms with Gasteiger partial charge in [0.2, 0.25) is 0 Å². The molecule has 41 heavy (non-hydrogen) atoms. The lowest BCUT2D eigenvalue weighted by molar-refractivity contribution is 0.670. The summed E-state index contributed by atoms with van der Waals surface area (Å²) in [6.45, 7) is 0. The Balaban J connectivity index is 1.27. The van der Waals surface area contributed by atoms with Crippen molar-refractivity contribution in [2.45, 2.75) is 0 Å². The van der Waals surface area contributed by atoms with Crippen LogP contribution in [0.1, 0.15) is 0 Å². The minimum atomic E-state index is 0.664. The largest absolute Gasteiger partial charge is 0.455 e. The second-order valence-electron chi connectivity index (χ2n) is 10.6. The van der Waals surface area contributed by atoms with Crippen molar-refractivity contribution in [2.24, 2.45) is 0 Å². The van der Waals surface area contributed by atoms with Gasteiger partial charge in [-0.05, 0) is 44.6 Å². The molecule has 2 heterocycles. The van der Waals surface area contributed by atoms with E-state index in [1.165, 1.54) is 26.9 Å². The molecule has 190 valence electrons. The third kappa shape index (κ3) is 3.33. The lowest BCUT2D eigenvalue weighted by atomic mass is 9.96. The van der Waals surface area contributed by atoms with E-state index in [0.29, 0.717) is 5.82 Å². The fourth-order valence-electron chi connectivity index (χ4n) is 6.29. The maximum Gasteiger partial charge on any atom is 0.163 e. The molecule has 9 aromatic rings. The van der Waals surface area contributed by atoms with E-state index >= 15 is 0 Å². The molecule has 9 rings (SSSR count). The standard InChI is InChI=1S/C38H22N2O/c1-3-9-28-23(7-1)15-16-25-17-19-26(21-34(25)28)30-11-5-12-31-32-13-6-14-33(37(32)41-36(30)31)38-39-22-27-20-18-24-8-2-4-10-29(24)35(27)40-38/h1-22H. The molecule has 0 spiro atoms. The summed E-state index contributed by atoms with van der Waals surface area (Å²) in [6, 6.07) is 44.8. The third-order valence-electron chi connectivity index (χ3n) is 8.30. The zero-order valence-corrected chi connectivity index (χ0v) is 22.0. The van der Waals surface area contributed by atoms with Gasteiger partial charge in [0.25, 0.3) is 0 Å². The Bertz CT molecular complexity index is 2320. The number of rotatable bonds is 2. The first-order valence-corrected chi connectivity index (χ1v) is 13.8. The van der Waals surface area contributed by atoms with E-state index in [9.17, 15) is 0 Å². The van der Waals surface area contributed by atoms with Crippen LogP contribution in [-0.4, -0.2) is 9.97 Å². The number of aromatic nitrogens is 2. The second-order valence-corrected chi connectivity index (χ2v) is 10.6. The Morgan fingerprint density at radius 2 is 1.02 bits per heavy atom. The predicted octanol–water partition coefficient (Wildman–Crippen LogP) is 10.3. The number of nitrogens with zero attached hydrogens (tertiary/aromatic N) is 2. The summed E-state index contributed by atoms with van der Waals surface area (Å²) in [5.74, 6) is 0.664. The highest BCUT2D eigenvalue weighted by Crippen LogP contribution is 2.40. The summed E-state index contributed by atoms with van der Waals surface area (Å²) in [6.07, 6.45) is 1.91. The van der Waals surface area contributed by atoms with Crippen LogP contribution in [0.25, 0.3) is 87.7 Å². The number of fused-ring (bicyclic) bond motifs is 9. The van der Waals surface area contributed by atoms with Gasteiger partial charge in [-0.25, -0.2) is 9.97 Å². The predicted molar refractivity (Wildman–Crippen MR) is 170 cm³/mol. The molecule has 0 aliphatic heterocycles. The molecule has 0 bridgehead atoms. The van der Waals surface area contributed by atoms with Gasteiger partial charge in [0, 0.05) is 33.3 Å². The van der Waals surface area contributed by atoms with Gasteiger partial charge in [0.1, 0.15) is 11.2 Å². The summed E-state index contributed by atoms with van der Waals surface area (Å²) < 4.78 is 6.74. The molecule has 0 saturated heterocycles. The molecule has 3 heteroatoms. The van der Waals surface area contributed by atoms with E-state index in [-0.39, 0.29) is 0 Å². The molecule has 0 saturated carbocycles. The molecule has 0 N–H and O–H groups in total. The van der Waals surface area contributed by atoms with Gasteiger partial charge in [-0.15, -0.1) is 0 Å². The number of benzene rings is 7. The van der Waals surface area contributed by atoms with Crippen LogP contribution in [0.5, 0.6) is 0 Å². The maximum atomic E-state index is 6.74. The molecule has 0 aliphatic carbocycles. The Morgan fingerprint density at radius 1 is 0.439 bits per heavy atom. The highest BCUT2D eigenvalue weighted by molar-refractivity contribution is 6.14. The van der Waals surface area contributed by atoms with Crippen LogP contribution in [0.3, 0.4) is 0 Å². The zero-order chi connectivity index (χ0) is 26.9. The van der Waals surface area contributed by atoms with Gasteiger partial charge < -0.3 is 4.42 Å². The Kier molecular flexibility index (Phi) is 4.61. The van der Waals surface area contributed by atoms with Crippen molar-refractivity contribution >= 4 is 65.2 Å². The van der Waals surface area contributed by atoms with E-state index in [1.54, 1.807) is 0 Å². The molecule has 0 radical (unpaired) electrons. The highest BCUT2D eigenvalue weighted by Gasteiger charge is 2.17. The SMILES string of the molecule is c1ccc2c(c1)ccc1ccc(-c3cccc4c3oc3c(-c5ncc6ccc7ccccc7c6n5)cccc34)cc12. The van der Waals surface area contributed by atoms with Crippen molar-refractivity contribution in [3.8, 4) is 22.5 Å². The van der Waals surface area contributed by atoms with E-state index in [1.807, 2.05) is 6.20 Å². The lowest BCUT2D eigenvalue weighted by Crippen LogP contribution is -1.91. The van der Waals surface area contributed by atoms with E-state index in [2.05, 4.69) is 127 Å². The molecule has 0 fully saturated rings. The fourth-order valence-corrected chi connectivity index (χ4v) is 6.29. The van der Waals surface area contributed by atoms with Crippen LogP contribution < -0.4 is 0 Å². The molecule has 3 nitrogen and oxygen atoms in total. The topological polar surface area (TPSA) is 38.9 Å². The van der Waals surface area contributed by atoms with Gasteiger partial charge in [0.15, 0.2) is 5.82 Å². The monoisotopic (exact) mass is 522 g/mol. The van der Waals surface area contributed by atoms with Crippen molar-refractivity contribution in [3.05, 3.63) is 134 Å². The van der Waals surface area contributed by atoms with Crippen LogP contribution in [0.15, 0.2) is 138 Å². The van der Waals surface area contributed by atoms with E-state index in [0.717, 1.165) is 54.9 Å². The van der Waals surface area contributed by atoms with Gasteiger partial charge in [-0.3, -0.25) is 0 Å². The number of hydrogen-bond acceptors (Lipinski definition) is 3. The quantitative estimate of drug-likeness (QED) is 0.212. The maximum absolute atomic E-state index is 6.74. The zero-order valence-electron chi connectivity index (χ0n) is 22.0. The average molecular weight is 523 g/mol. The normalized spacial score (nSPS) is 11.9. The number of para-hydroxylation sites is 2. The highest BCUT2D eigenvalue weighted by atomic mass is 16.3. The van der Waals surface area contributed by atoms with Crippen molar-refractivity contribution in [1.29, 1.82) is 0 Å². The molecule has 0 unspecified atom stereocenters. The van der Waals surface area contributed by atoms with Crippen LogP contribution in [-0.2, 0) is 0 Å². The molecule has 0 aliphatic rings. The first-order valence-electron chi connectivity index (χ1n) is 13.8. The van der Waals surface area contributed by atoms with Crippen molar-refractivity contribution < 1.29 is 4.42 Å². The Labute approximate surface area is 235 Å². The summed E-state index contributed by atoms with van der Waals surface area (Å²) in [7, 11) is 0. The van der Waals surface area contributed by atoms with Gasteiger partial charge in [0.05, 0.1) is 11.1 Å². The second kappa shape index (κ2) is 8.48. The minimum Gasteiger partial charge on any atom is -0.455 e. The summed E-state index contributed by atoms with van der Waals surface area (Å²) in [5, 5.41) is 10.4. The molecule has 7 aromatic carbocycles.